The van der Waals surface area contributed by atoms with Crippen molar-refractivity contribution < 1.29 is 19.1 Å². The fraction of sp³-hybridized carbons (Fsp3) is 0.435. The number of hydrazine groups is 1. The van der Waals surface area contributed by atoms with E-state index in [0.717, 1.165) is 17.4 Å². The average Bonchev–Trinajstić information content (AvgIpc) is 2.75. The first kappa shape index (κ1) is 25.6. The van der Waals surface area contributed by atoms with Crippen LogP contribution in [-0.2, 0) is 16.1 Å². The van der Waals surface area contributed by atoms with Crippen LogP contribution in [0.15, 0.2) is 40.1 Å². The third-order valence-electron chi connectivity index (χ3n) is 4.94. The number of nitrogens with one attached hydrogen (secondary N) is 2. The highest BCUT2D eigenvalue weighted by molar-refractivity contribution is 5.95. The largest absolute Gasteiger partial charge is 0.427 e. The minimum Gasteiger partial charge on any atom is -0.427 e. The number of aryl methyl sites for hydroxylation is 1. The van der Waals surface area contributed by atoms with Gasteiger partial charge < -0.3 is 4.74 Å². The topological polar surface area (TPSA) is 131 Å². The quantitative estimate of drug-likeness (QED) is 0.335. The Labute approximate surface area is 191 Å². The SMILES string of the molecule is CCCC(CCC)N(NC(=O)Cn1cc(C)c(=O)[nH]c1=O)C(=O)c1ccc(OC(C)=O)cc1. The lowest BCUT2D eigenvalue weighted by molar-refractivity contribution is -0.132. The van der Waals surface area contributed by atoms with Crippen molar-refractivity contribution in [1.29, 1.82) is 0 Å². The van der Waals surface area contributed by atoms with Gasteiger partial charge in [0.1, 0.15) is 12.3 Å². The highest BCUT2D eigenvalue weighted by Crippen LogP contribution is 2.18. The van der Waals surface area contributed by atoms with E-state index in [2.05, 4.69) is 10.4 Å². The molecule has 0 unspecified atom stereocenters. The number of benzene rings is 1. The van der Waals surface area contributed by atoms with Gasteiger partial charge in [0.15, 0.2) is 0 Å². The number of ether oxygens (including phenoxy) is 1. The van der Waals surface area contributed by atoms with Crippen LogP contribution >= 0.6 is 0 Å². The zero-order chi connectivity index (χ0) is 24.5. The predicted molar refractivity (Wildman–Crippen MR) is 122 cm³/mol. The number of hydrogen-bond donors (Lipinski definition) is 2. The summed E-state index contributed by atoms with van der Waals surface area (Å²) in [7, 11) is 0. The van der Waals surface area contributed by atoms with Crippen LogP contribution < -0.4 is 21.4 Å². The minimum atomic E-state index is -0.710. The third kappa shape index (κ3) is 7.16. The van der Waals surface area contributed by atoms with Crippen molar-refractivity contribution in [2.75, 3.05) is 0 Å². The first-order chi connectivity index (χ1) is 15.7. The van der Waals surface area contributed by atoms with E-state index in [1.807, 2.05) is 13.8 Å². The van der Waals surface area contributed by atoms with Gasteiger partial charge in [0.25, 0.3) is 17.4 Å². The van der Waals surface area contributed by atoms with Crippen LogP contribution in [0.3, 0.4) is 0 Å². The zero-order valence-electron chi connectivity index (χ0n) is 19.3. The molecule has 0 bridgehead atoms. The van der Waals surface area contributed by atoms with E-state index in [-0.39, 0.29) is 18.2 Å². The molecule has 1 heterocycles. The summed E-state index contributed by atoms with van der Waals surface area (Å²) in [5, 5.41) is 1.31. The van der Waals surface area contributed by atoms with Crippen molar-refractivity contribution in [3.63, 3.8) is 0 Å². The Morgan fingerprint density at radius 1 is 1.09 bits per heavy atom. The molecule has 2 amide bonds. The number of amides is 2. The van der Waals surface area contributed by atoms with Crippen molar-refractivity contribution in [3.05, 3.63) is 62.4 Å². The van der Waals surface area contributed by atoms with Gasteiger partial charge >= 0.3 is 11.7 Å². The van der Waals surface area contributed by atoms with E-state index >= 15 is 0 Å². The monoisotopic (exact) mass is 458 g/mol. The second-order valence-corrected chi connectivity index (χ2v) is 7.76. The Balaban J connectivity index is 2.29. The van der Waals surface area contributed by atoms with Gasteiger partial charge in [-0.1, -0.05) is 26.7 Å². The molecule has 33 heavy (non-hydrogen) atoms. The molecule has 0 aliphatic rings. The van der Waals surface area contributed by atoms with Crippen molar-refractivity contribution in [1.82, 2.24) is 20.0 Å². The molecule has 0 saturated heterocycles. The summed E-state index contributed by atoms with van der Waals surface area (Å²) in [6.07, 6.45) is 4.24. The van der Waals surface area contributed by atoms with Crippen LogP contribution in [0.1, 0.15) is 62.4 Å². The number of H-pyrrole nitrogens is 1. The first-order valence-electron chi connectivity index (χ1n) is 10.9. The van der Waals surface area contributed by atoms with Crippen LogP contribution in [0.4, 0.5) is 0 Å². The molecule has 0 fully saturated rings. The molecular formula is C23H30N4O6. The van der Waals surface area contributed by atoms with Gasteiger partial charge in [-0.2, -0.15) is 0 Å². The van der Waals surface area contributed by atoms with Crippen molar-refractivity contribution in [2.24, 2.45) is 0 Å². The van der Waals surface area contributed by atoms with Crippen LogP contribution in [0.2, 0.25) is 0 Å². The Bertz CT molecular complexity index is 1100. The lowest BCUT2D eigenvalue weighted by Crippen LogP contribution is -2.53. The second-order valence-electron chi connectivity index (χ2n) is 7.76. The van der Waals surface area contributed by atoms with Crippen molar-refractivity contribution in [2.45, 2.75) is 66.0 Å². The van der Waals surface area contributed by atoms with Gasteiger partial charge in [-0.05, 0) is 44.0 Å². The average molecular weight is 459 g/mol. The molecule has 0 aliphatic carbocycles. The number of hydrogen-bond acceptors (Lipinski definition) is 6. The summed E-state index contributed by atoms with van der Waals surface area (Å²) in [6, 6.07) is 5.80. The summed E-state index contributed by atoms with van der Waals surface area (Å²) >= 11 is 0. The fourth-order valence-corrected chi connectivity index (χ4v) is 3.41. The normalized spacial score (nSPS) is 10.7. The maximum atomic E-state index is 13.3. The molecule has 2 N–H and O–H groups in total. The molecule has 1 aromatic heterocycles. The maximum Gasteiger partial charge on any atom is 0.328 e. The fourth-order valence-electron chi connectivity index (χ4n) is 3.41. The van der Waals surface area contributed by atoms with Gasteiger partial charge in [-0.3, -0.25) is 34.2 Å². The summed E-state index contributed by atoms with van der Waals surface area (Å²) in [4.78, 5) is 63.0. The molecule has 178 valence electrons. The smallest absolute Gasteiger partial charge is 0.328 e. The van der Waals surface area contributed by atoms with Crippen molar-refractivity contribution >= 4 is 17.8 Å². The molecule has 0 atom stereocenters. The molecule has 0 spiro atoms. The molecular weight excluding hydrogens is 428 g/mol. The predicted octanol–water partition coefficient (Wildman–Crippen LogP) is 1.91. The number of rotatable bonds is 9. The molecule has 2 aromatic rings. The molecule has 10 heteroatoms. The van der Waals surface area contributed by atoms with E-state index in [1.165, 1.54) is 49.3 Å². The second kappa shape index (κ2) is 11.8. The van der Waals surface area contributed by atoms with Crippen LogP contribution in [0.25, 0.3) is 0 Å². The number of aromatic amines is 1. The van der Waals surface area contributed by atoms with E-state index < -0.39 is 29.0 Å². The number of aromatic nitrogens is 2. The molecule has 1 aromatic carbocycles. The Morgan fingerprint density at radius 2 is 1.70 bits per heavy atom. The lowest BCUT2D eigenvalue weighted by atomic mass is 10.0. The molecule has 0 aliphatic heterocycles. The minimum absolute atomic E-state index is 0.251. The highest BCUT2D eigenvalue weighted by atomic mass is 16.5. The zero-order valence-corrected chi connectivity index (χ0v) is 19.3. The summed E-state index contributed by atoms with van der Waals surface area (Å²) in [6.45, 7) is 6.43. The van der Waals surface area contributed by atoms with Gasteiger partial charge in [0, 0.05) is 24.2 Å². The summed E-state index contributed by atoms with van der Waals surface area (Å²) in [5.41, 5.74) is 2.02. The Hall–Kier alpha value is -3.69. The highest BCUT2D eigenvalue weighted by Gasteiger charge is 2.26. The standard InChI is InChI=1S/C23H30N4O6/c1-5-7-18(8-6-2)27(22(31)17-9-11-19(12-10-17)33-16(4)28)25-20(29)14-26-13-15(3)21(30)24-23(26)32/h9-13,18H,5-8,14H2,1-4H3,(H,25,29)(H,24,30,32). The molecule has 0 saturated carbocycles. The van der Waals surface area contributed by atoms with Gasteiger partial charge in [-0.15, -0.1) is 0 Å². The number of nitrogens with zero attached hydrogens (tertiary/aromatic N) is 2. The number of esters is 1. The molecule has 0 radical (unpaired) electrons. The van der Waals surface area contributed by atoms with Crippen molar-refractivity contribution in [3.8, 4) is 5.75 Å². The molecule has 10 nitrogen and oxygen atoms in total. The lowest BCUT2D eigenvalue weighted by Gasteiger charge is -2.32. The summed E-state index contributed by atoms with van der Waals surface area (Å²) in [5.74, 6) is -1.16. The van der Waals surface area contributed by atoms with Crippen LogP contribution in [0.5, 0.6) is 5.75 Å². The Kier molecular flexibility index (Phi) is 9.14. The van der Waals surface area contributed by atoms with Gasteiger partial charge in [0.05, 0.1) is 6.04 Å². The third-order valence-corrected chi connectivity index (χ3v) is 4.94. The van der Waals surface area contributed by atoms with E-state index in [4.69, 9.17) is 4.74 Å². The van der Waals surface area contributed by atoms with E-state index in [0.29, 0.717) is 24.2 Å². The Morgan fingerprint density at radius 3 is 2.24 bits per heavy atom. The summed E-state index contributed by atoms with van der Waals surface area (Å²) < 4.78 is 6.08. The number of carbonyl (C=O) groups excluding carboxylic acids is 3. The van der Waals surface area contributed by atoms with Crippen LogP contribution in [-0.4, -0.2) is 38.4 Å². The first-order valence-corrected chi connectivity index (χ1v) is 10.9. The van der Waals surface area contributed by atoms with Crippen LogP contribution in [0, 0.1) is 6.92 Å². The van der Waals surface area contributed by atoms with Gasteiger partial charge in [0.2, 0.25) is 0 Å². The van der Waals surface area contributed by atoms with Gasteiger partial charge in [-0.25, -0.2) is 9.80 Å². The molecule has 2 rings (SSSR count). The van der Waals surface area contributed by atoms with E-state index in [1.54, 1.807) is 0 Å². The number of carbonyl (C=O) groups is 3. The maximum absolute atomic E-state index is 13.3. The van der Waals surface area contributed by atoms with E-state index in [9.17, 15) is 24.0 Å².